The van der Waals surface area contributed by atoms with Gasteiger partial charge < -0.3 is 0 Å². The molecule has 0 N–H and O–H groups in total. The summed E-state index contributed by atoms with van der Waals surface area (Å²) in [6.07, 6.45) is 9.30. The first kappa shape index (κ1) is 43.8. The fraction of sp³-hybridized carbons (Fsp3) is 0.0597. The molecule has 8 aromatic carbocycles. The maximum atomic E-state index is 4.77. The van der Waals surface area contributed by atoms with Crippen LogP contribution >= 0.6 is 0 Å². The number of benzene rings is 8. The molecule has 3 aromatic heterocycles. The zero-order valence-electron chi connectivity index (χ0n) is 39.0. The van der Waals surface area contributed by atoms with E-state index in [2.05, 4.69) is 222 Å². The van der Waals surface area contributed by atoms with Gasteiger partial charge in [0.05, 0.1) is 17.1 Å². The molecule has 0 aliphatic rings. The van der Waals surface area contributed by atoms with E-state index in [9.17, 15) is 0 Å². The number of pyridine rings is 3. The van der Waals surface area contributed by atoms with Gasteiger partial charge in [0.2, 0.25) is 0 Å². The Bertz CT molecular complexity index is 3370. The first-order valence-corrected chi connectivity index (χ1v) is 24.2. The third kappa shape index (κ3) is 10.1. The predicted molar refractivity (Wildman–Crippen MR) is 291 cm³/mol. The van der Waals surface area contributed by atoms with Crippen LogP contribution in [0.4, 0.5) is 0 Å². The van der Waals surface area contributed by atoms with Crippen LogP contribution < -0.4 is 0 Å². The van der Waals surface area contributed by atoms with Crippen molar-refractivity contribution in [3.8, 4) is 89.4 Å². The van der Waals surface area contributed by atoms with Crippen LogP contribution in [-0.4, -0.2) is 15.0 Å². The standard InChI is InChI=1S/C67H51N3/c1-2-13-52(14-3-1)57-15-12-16-58(46-57)53-34-36-54(37-35-53)64-47-59(67-21-8-11-42-70-67)38-39-63(64)62-18-5-4-17-61(62)60-44-50(24-22-48-26-30-55(31-27-48)65-19-6-9-40-68-65)43-51(45-60)25-23-49-28-32-56(33-29-49)66-20-7-10-41-69-66/h1-21,26-47H,22-25H2. The summed E-state index contributed by atoms with van der Waals surface area (Å²) in [5.74, 6) is 0. The van der Waals surface area contributed by atoms with Crippen LogP contribution in [0, 0.1) is 0 Å². The van der Waals surface area contributed by atoms with Crippen molar-refractivity contribution in [2.24, 2.45) is 0 Å². The van der Waals surface area contributed by atoms with E-state index >= 15 is 0 Å². The molecule has 0 radical (unpaired) electrons. The number of aromatic nitrogens is 3. The van der Waals surface area contributed by atoms with E-state index in [1.165, 1.54) is 72.3 Å². The van der Waals surface area contributed by atoms with Gasteiger partial charge in [0.25, 0.3) is 0 Å². The highest BCUT2D eigenvalue weighted by Crippen LogP contribution is 2.41. The molecule has 11 aromatic rings. The van der Waals surface area contributed by atoms with Gasteiger partial charge in [0, 0.05) is 35.3 Å². The van der Waals surface area contributed by atoms with Crippen LogP contribution in [-0.2, 0) is 25.7 Å². The smallest absolute Gasteiger partial charge is 0.0702 e. The molecule has 0 saturated heterocycles. The van der Waals surface area contributed by atoms with Crippen molar-refractivity contribution in [1.29, 1.82) is 0 Å². The maximum absolute atomic E-state index is 4.77. The van der Waals surface area contributed by atoms with Crippen molar-refractivity contribution in [1.82, 2.24) is 15.0 Å². The second-order valence-electron chi connectivity index (χ2n) is 17.9. The molecule has 334 valence electrons. The lowest BCUT2D eigenvalue weighted by atomic mass is 9.86. The minimum atomic E-state index is 0.926. The Hall–Kier alpha value is -8.79. The van der Waals surface area contributed by atoms with Gasteiger partial charge in [0.15, 0.2) is 0 Å². The lowest BCUT2D eigenvalue weighted by Crippen LogP contribution is -1.98. The highest BCUT2D eigenvalue weighted by molar-refractivity contribution is 5.94. The minimum Gasteiger partial charge on any atom is -0.256 e. The lowest BCUT2D eigenvalue weighted by Gasteiger charge is -2.18. The van der Waals surface area contributed by atoms with Crippen LogP contribution in [0.3, 0.4) is 0 Å². The summed E-state index contributed by atoms with van der Waals surface area (Å²) in [4.78, 5) is 13.9. The zero-order chi connectivity index (χ0) is 46.9. The lowest BCUT2D eigenvalue weighted by molar-refractivity contribution is 0.931. The van der Waals surface area contributed by atoms with E-state index in [0.717, 1.165) is 65.0 Å². The Morgan fingerprint density at radius 3 is 1.16 bits per heavy atom. The molecule has 0 aliphatic heterocycles. The molecule has 0 spiro atoms. The summed E-state index contributed by atoms with van der Waals surface area (Å²) >= 11 is 0. The first-order chi connectivity index (χ1) is 34.7. The van der Waals surface area contributed by atoms with Crippen LogP contribution in [0.15, 0.2) is 261 Å². The van der Waals surface area contributed by atoms with Crippen LogP contribution in [0.25, 0.3) is 89.4 Å². The normalized spacial score (nSPS) is 11.1. The predicted octanol–water partition coefficient (Wildman–Crippen LogP) is 16.8. The van der Waals surface area contributed by atoms with Gasteiger partial charge in [-0.2, -0.15) is 0 Å². The molecule has 3 nitrogen and oxygen atoms in total. The van der Waals surface area contributed by atoms with Gasteiger partial charge in [-0.05, 0) is 152 Å². The number of hydrogen-bond acceptors (Lipinski definition) is 3. The van der Waals surface area contributed by atoms with Gasteiger partial charge in [-0.15, -0.1) is 0 Å². The van der Waals surface area contributed by atoms with Crippen molar-refractivity contribution in [3.05, 3.63) is 283 Å². The summed E-state index contributed by atoms with van der Waals surface area (Å²) in [5.41, 5.74) is 23.5. The van der Waals surface area contributed by atoms with E-state index in [-0.39, 0.29) is 0 Å². The second-order valence-corrected chi connectivity index (χ2v) is 17.9. The molecule has 0 fully saturated rings. The van der Waals surface area contributed by atoms with Gasteiger partial charge in [-0.3, -0.25) is 15.0 Å². The second kappa shape index (κ2) is 20.6. The van der Waals surface area contributed by atoms with Gasteiger partial charge in [-0.1, -0.05) is 194 Å². The summed E-state index contributed by atoms with van der Waals surface area (Å²) < 4.78 is 0. The van der Waals surface area contributed by atoms with Gasteiger partial charge in [-0.25, -0.2) is 0 Å². The van der Waals surface area contributed by atoms with E-state index < -0.39 is 0 Å². The maximum Gasteiger partial charge on any atom is 0.0702 e. The quantitative estimate of drug-likeness (QED) is 0.109. The zero-order valence-corrected chi connectivity index (χ0v) is 39.0. The third-order valence-electron chi connectivity index (χ3n) is 13.3. The van der Waals surface area contributed by atoms with Crippen molar-refractivity contribution >= 4 is 0 Å². The number of aryl methyl sites for hydroxylation is 4. The molecule has 0 unspecified atom stereocenters. The van der Waals surface area contributed by atoms with E-state index in [1.807, 2.05) is 48.9 Å². The molecule has 0 saturated carbocycles. The fourth-order valence-electron chi connectivity index (χ4n) is 9.57. The molecular formula is C67H51N3. The average molecular weight is 898 g/mol. The average Bonchev–Trinajstić information content (AvgIpc) is 3.45. The SMILES string of the molecule is c1ccc(-c2cccc(-c3ccc(-c4cc(-c5ccccn5)ccc4-c4ccccc4-c4cc(CCc5ccc(-c6ccccn6)cc5)cc(CCc5ccc(-c6ccccn6)cc5)c4)cc3)c2)cc1. The third-order valence-corrected chi connectivity index (χ3v) is 13.3. The number of nitrogens with zero attached hydrogens (tertiary/aromatic N) is 3. The largest absolute Gasteiger partial charge is 0.256 e. The first-order valence-electron chi connectivity index (χ1n) is 24.2. The van der Waals surface area contributed by atoms with Gasteiger partial charge >= 0.3 is 0 Å². The van der Waals surface area contributed by atoms with E-state index in [4.69, 9.17) is 4.98 Å². The van der Waals surface area contributed by atoms with Crippen molar-refractivity contribution in [2.75, 3.05) is 0 Å². The van der Waals surface area contributed by atoms with E-state index in [1.54, 1.807) is 0 Å². The summed E-state index contributed by atoms with van der Waals surface area (Å²) in [7, 11) is 0. The highest BCUT2D eigenvalue weighted by atomic mass is 14.7. The molecular weight excluding hydrogens is 847 g/mol. The van der Waals surface area contributed by atoms with Crippen molar-refractivity contribution in [2.45, 2.75) is 25.7 Å². The fourth-order valence-corrected chi connectivity index (χ4v) is 9.57. The van der Waals surface area contributed by atoms with Crippen LogP contribution in [0.1, 0.15) is 22.3 Å². The minimum absolute atomic E-state index is 0.926. The Kier molecular flexibility index (Phi) is 12.9. The molecule has 0 aliphatic carbocycles. The van der Waals surface area contributed by atoms with Crippen LogP contribution in [0.2, 0.25) is 0 Å². The topological polar surface area (TPSA) is 38.7 Å². The number of rotatable bonds is 14. The molecule has 70 heavy (non-hydrogen) atoms. The van der Waals surface area contributed by atoms with Gasteiger partial charge in [0.1, 0.15) is 0 Å². The Labute approximate surface area is 411 Å². The molecule has 3 heteroatoms. The summed E-state index contributed by atoms with van der Waals surface area (Å²) in [6.45, 7) is 0. The summed E-state index contributed by atoms with van der Waals surface area (Å²) in [6, 6.07) is 87.6. The molecule has 0 atom stereocenters. The molecule has 0 amide bonds. The highest BCUT2D eigenvalue weighted by Gasteiger charge is 2.17. The summed E-state index contributed by atoms with van der Waals surface area (Å²) in [5, 5.41) is 0. The van der Waals surface area contributed by atoms with Crippen molar-refractivity contribution < 1.29 is 0 Å². The Morgan fingerprint density at radius 1 is 0.200 bits per heavy atom. The Balaban J connectivity index is 0.949. The van der Waals surface area contributed by atoms with Crippen LogP contribution in [0.5, 0.6) is 0 Å². The van der Waals surface area contributed by atoms with Crippen molar-refractivity contribution in [3.63, 3.8) is 0 Å². The monoisotopic (exact) mass is 897 g/mol. The Morgan fingerprint density at radius 2 is 0.614 bits per heavy atom. The molecule has 3 heterocycles. The number of hydrogen-bond donors (Lipinski definition) is 0. The molecule has 0 bridgehead atoms. The molecule has 11 rings (SSSR count). The van der Waals surface area contributed by atoms with E-state index in [0.29, 0.717) is 0 Å².